The zero-order valence-electron chi connectivity index (χ0n) is 18.2. The average molecular weight is 444 g/mol. The summed E-state index contributed by atoms with van der Waals surface area (Å²) in [6.45, 7) is 4.81. The molecule has 1 heterocycles. The molecule has 0 atom stereocenters. The minimum atomic E-state index is -0.181. The van der Waals surface area contributed by atoms with Gasteiger partial charge in [0.2, 0.25) is 5.91 Å². The van der Waals surface area contributed by atoms with E-state index in [-0.39, 0.29) is 24.8 Å². The van der Waals surface area contributed by atoms with Gasteiger partial charge in [0, 0.05) is 18.5 Å². The molecule has 0 saturated heterocycles. The third-order valence-electron chi connectivity index (χ3n) is 5.19. The van der Waals surface area contributed by atoms with Crippen molar-refractivity contribution in [3.63, 3.8) is 0 Å². The molecule has 162 valence electrons. The molecular weight excluding hydrogens is 418 g/mol. The van der Waals surface area contributed by atoms with Gasteiger partial charge in [0.1, 0.15) is 0 Å². The van der Waals surface area contributed by atoms with Gasteiger partial charge < -0.3 is 5.32 Å². The number of carbonyl (C=O) groups excluding carboxylic acids is 2. The number of nitrogens with zero attached hydrogens (tertiary/aromatic N) is 2. The van der Waals surface area contributed by atoms with Crippen molar-refractivity contribution in [2.45, 2.75) is 26.8 Å². The molecule has 32 heavy (non-hydrogen) atoms. The van der Waals surface area contributed by atoms with Crippen LogP contribution in [0.15, 0.2) is 72.8 Å². The predicted molar refractivity (Wildman–Crippen MR) is 130 cm³/mol. The molecule has 5 nitrogen and oxygen atoms in total. The summed E-state index contributed by atoms with van der Waals surface area (Å²) in [6, 6.07) is 23.1. The molecule has 6 heteroatoms. The summed E-state index contributed by atoms with van der Waals surface area (Å²) in [7, 11) is 0. The van der Waals surface area contributed by atoms with Crippen LogP contribution in [0.5, 0.6) is 0 Å². The van der Waals surface area contributed by atoms with Crippen LogP contribution in [0.2, 0.25) is 0 Å². The first kappa shape index (κ1) is 21.7. The molecule has 1 N–H and O–H groups in total. The lowest BCUT2D eigenvalue weighted by Crippen LogP contribution is -2.34. The van der Waals surface area contributed by atoms with E-state index in [1.165, 1.54) is 16.9 Å². The molecule has 0 bridgehead atoms. The van der Waals surface area contributed by atoms with Crippen molar-refractivity contribution in [2.75, 3.05) is 11.4 Å². The van der Waals surface area contributed by atoms with Gasteiger partial charge in [-0.25, -0.2) is 4.98 Å². The van der Waals surface area contributed by atoms with Gasteiger partial charge >= 0.3 is 0 Å². The fraction of sp³-hybridized carbons (Fsp3) is 0.192. The molecule has 0 radical (unpaired) electrons. The van der Waals surface area contributed by atoms with Crippen molar-refractivity contribution >= 4 is 38.5 Å². The molecule has 3 aromatic carbocycles. The molecular formula is C26H25N3O2S. The highest BCUT2D eigenvalue weighted by atomic mass is 32.1. The minimum absolute atomic E-state index is 0.0735. The largest absolute Gasteiger partial charge is 0.352 e. The zero-order chi connectivity index (χ0) is 22.5. The van der Waals surface area contributed by atoms with Crippen molar-refractivity contribution in [3.8, 4) is 0 Å². The number of aryl methyl sites for hydroxylation is 2. The van der Waals surface area contributed by atoms with Crippen LogP contribution in [0, 0.1) is 13.8 Å². The maximum Gasteiger partial charge on any atom is 0.251 e. The SMILES string of the molecule is Cc1cc(C)c2nc(N(Cc3ccccc3)C(=O)CCNC(=O)c3ccccc3)sc2c1. The van der Waals surface area contributed by atoms with Crippen LogP contribution in [-0.4, -0.2) is 23.3 Å². The first-order valence-corrected chi connectivity index (χ1v) is 11.4. The molecule has 0 fully saturated rings. The summed E-state index contributed by atoms with van der Waals surface area (Å²) in [4.78, 5) is 32.1. The highest BCUT2D eigenvalue weighted by Crippen LogP contribution is 2.32. The van der Waals surface area contributed by atoms with E-state index >= 15 is 0 Å². The maximum absolute atomic E-state index is 13.2. The maximum atomic E-state index is 13.2. The average Bonchev–Trinajstić information content (AvgIpc) is 3.22. The topological polar surface area (TPSA) is 62.3 Å². The minimum Gasteiger partial charge on any atom is -0.352 e. The van der Waals surface area contributed by atoms with E-state index < -0.39 is 0 Å². The van der Waals surface area contributed by atoms with Gasteiger partial charge in [-0.2, -0.15) is 0 Å². The van der Waals surface area contributed by atoms with E-state index in [1.54, 1.807) is 17.0 Å². The Morgan fingerprint density at radius 1 is 0.969 bits per heavy atom. The second-order valence-corrected chi connectivity index (χ2v) is 8.77. The van der Waals surface area contributed by atoms with E-state index in [0.717, 1.165) is 21.3 Å². The van der Waals surface area contributed by atoms with Gasteiger partial charge in [-0.1, -0.05) is 65.9 Å². The van der Waals surface area contributed by atoms with Crippen LogP contribution in [-0.2, 0) is 11.3 Å². The van der Waals surface area contributed by atoms with E-state index in [0.29, 0.717) is 17.2 Å². The molecule has 4 rings (SSSR count). The zero-order valence-corrected chi connectivity index (χ0v) is 19.0. The molecule has 0 aliphatic heterocycles. The number of fused-ring (bicyclic) bond motifs is 1. The fourth-order valence-electron chi connectivity index (χ4n) is 3.61. The smallest absolute Gasteiger partial charge is 0.251 e. The Morgan fingerprint density at radius 3 is 2.38 bits per heavy atom. The van der Waals surface area contributed by atoms with Gasteiger partial charge in [0.25, 0.3) is 5.91 Å². The quantitative estimate of drug-likeness (QED) is 0.423. The monoisotopic (exact) mass is 443 g/mol. The Morgan fingerprint density at radius 2 is 1.66 bits per heavy atom. The lowest BCUT2D eigenvalue weighted by molar-refractivity contribution is -0.118. The van der Waals surface area contributed by atoms with Gasteiger partial charge in [-0.15, -0.1) is 0 Å². The summed E-state index contributed by atoms with van der Waals surface area (Å²) in [6.07, 6.45) is 0.194. The summed E-state index contributed by atoms with van der Waals surface area (Å²) in [5.41, 5.74) is 4.82. The van der Waals surface area contributed by atoms with Crippen molar-refractivity contribution in [1.29, 1.82) is 0 Å². The number of nitrogens with one attached hydrogen (secondary N) is 1. The first-order valence-electron chi connectivity index (χ1n) is 10.6. The standard InChI is InChI=1S/C26H25N3O2S/c1-18-15-19(2)24-22(16-18)32-26(28-24)29(17-20-9-5-3-6-10-20)23(30)13-14-27-25(31)21-11-7-4-8-12-21/h3-12,15-16H,13-14,17H2,1-2H3,(H,27,31). The number of carbonyl (C=O) groups is 2. The number of thiazole rings is 1. The molecule has 0 aliphatic carbocycles. The van der Waals surface area contributed by atoms with Crippen LogP contribution in [0.25, 0.3) is 10.2 Å². The van der Waals surface area contributed by atoms with Gasteiger partial charge in [0.15, 0.2) is 5.13 Å². The summed E-state index contributed by atoms with van der Waals surface area (Å²) >= 11 is 1.52. The van der Waals surface area contributed by atoms with E-state index in [4.69, 9.17) is 4.98 Å². The van der Waals surface area contributed by atoms with Crippen LogP contribution >= 0.6 is 11.3 Å². The molecule has 0 aliphatic rings. The Labute approximate surface area is 191 Å². The normalized spacial score (nSPS) is 10.8. The number of aromatic nitrogens is 1. The van der Waals surface area contributed by atoms with E-state index in [9.17, 15) is 9.59 Å². The second kappa shape index (κ2) is 9.75. The number of benzene rings is 3. The lowest BCUT2D eigenvalue weighted by atomic mass is 10.1. The Balaban J connectivity index is 1.53. The molecule has 2 amide bonds. The van der Waals surface area contributed by atoms with Crippen molar-refractivity contribution in [3.05, 3.63) is 95.1 Å². The van der Waals surface area contributed by atoms with Gasteiger partial charge in [-0.05, 0) is 48.7 Å². The highest BCUT2D eigenvalue weighted by Gasteiger charge is 2.21. The third kappa shape index (κ3) is 5.03. The Bertz CT molecular complexity index is 1240. The molecule has 0 unspecified atom stereocenters. The van der Waals surface area contributed by atoms with Gasteiger partial charge in [-0.3, -0.25) is 14.5 Å². The predicted octanol–water partition coefficient (Wildman–Crippen LogP) is 5.27. The van der Waals surface area contributed by atoms with Crippen LogP contribution in [0.3, 0.4) is 0 Å². The number of hydrogen-bond acceptors (Lipinski definition) is 4. The second-order valence-electron chi connectivity index (χ2n) is 7.76. The Hall–Kier alpha value is -3.51. The van der Waals surface area contributed by atoms with Crippen LogP contribution < -0.4 is 10.2 Å². The number of hydrogen-bond donors (Lipinski definition) is 1. The third-order valence-corrected chi connectivity index (χ3v) is 6.22. The number of anilines is 1. The van der Waals surface area contributed by atoms with Crippen molar-refractivity contribution in [2.24, 2.45) is 0 Å². The summed E-state index contributed by atoms with van der Waals surface area (Å²) in [5, 5.41) is 3.52. The van der Waals surface area contributed by atoms with E-state index in [2.05, 4.69) is 24.4 Å². The van der Waals surface area contributed by atoms with Gasteiger partial charge in [0.05, 0.1) is 16.8 Å². The number of amides is 2. The molecule has 4 aromatic rings. The number of rotatable bonds is 7. The summed E-state index contributed by atoms with van der Waals surface area (Å²) < 4.78 is 1.07. The molecule has 0 spiro atoms. The highest BCUT2D eigenvalue weighted by molar-refractivity contribution is 7.22. The van der Waals surface area contributed by atoms with Crippen LogP contribution in [0.1, 0.15) is 33.5 Å². The van der Waals surface area contributed by atoms with Crippen molar-refractivity contribution in [1.82, 2.24) is 10.3 Å². The first-order chi connectivity index (χ1) is 15.5. The van der Waals surface area contributed by atoms with Crippen molar-refractivity contribution < 1.29 is 9.59 Å². The summed E-state index contributed by atoms with van der Waals surface area (Å²) in [5.74, 6) is -0.255. The van der Waals surface area contributed by atoms with Crippen LogP contribution in [0.4, 0.5) is 5.13 Å². The van der Waals surface area contributed by atoms with E-state index in [1.807, 2.05) is 55.5 Å². The lowest BCUT2D eigenvalue weighted by Gasteiger charge is -2.20. The molecule has 1 aromatic heterocycles. The Kier molecular flexibility index (Phi) is 6.61. The molecule has 0 saturated carbocycles. The fourth-order valence-corrected chi connectivity index (χ4v) is 4.77.